The van der Waals surface area contributed by atoms with Gasteiger partial charge in [0, 0.05) is 12.1 Å². The number of nitriles is 1. The lowest BCUT2D eigenvalue weighted by Gasteiger charge is -2.09. The minimum absolute atomic E-state index is 0.0862. The SMILES string of the molecule is CCc1c(C#N)nnn1-c1cc([N+](=O)[O-])ccc1OC. The summed E-state index contributed by atoms with van der Waals surface area (Å²) in [6.45, 7) is 1.85. The smallest absolute Gasteiger partial charge is 0.271 e. The molecular weight excluding hydrogens is 262 g/mol. The molecule has 2 rings (SSSR count). The lowest BCUT2D eigenvalue weighted by atomic mass is 10.2. The Bertz CT molecular complexity index is 702. The molecule has 1 heterocycles. The van der Waals surface area contributed by atoms with Crippen LogP contribution in [0.5, 0.6) is 5.75 Å². The van der Waals surface area contributed by atoms with Gasteiger partial charge >= 0.3 is 0 Å². The van der Waals surface area contributed by atoms with Gasteiger partial charge in [-0.3, -0.25) is 10.1 Å². The largest absolute Gasteiger partial charge is 0.494 e. The van der Waals surface area contributed by atoms with E-state index in [0.29, 0.717) is 23.6 Å². The standard InChI is InChI=1S/C12H11N5O3/c1-3-10-9(7-13)14-15-16(10)11-6-8(17(18)19)4-5-12(11)20-2/h4-6H,3H2,1-2H3. The summed E-state index contributed by atoms with van der Waals surface area (Å²) in [7, 11) is 1.46. The van der Waals surface area contributed by atoms with Gasteiger partial charge in [0.05, 0.1) is 17.7 Å². The summed E-state index contributed by atoms with van der Waals surface area (Å²) >= 11 is 0. The molecular formula is C12H11N5O3. The van der Waals surface area contributed by atoms with Gasteiger partial charge in [0.1, 0.15) is 17.5 Å². The van der Waals surface area contributed by atoms with Crippen molar-refractivity contribution in [1.82, 2.24) is 15.0 Å². The Kier molecular flexibility index (Phi) is 3.61. The number of benzene rings is 1. The number of ether oxygens (including phenoxy) is 1. The first-order valence-electron chi connectivity index (χ1n) is 5.79. The topological polar surface area (TPSA) is 107 Å². The van der Waals surface area contributed by atoms with Crippen LogP contribution >= 0.6 is 0 Å². The summed E-state index contributed by atoms with van der Waals surface area (Å²) in [6.07, 6.45) is 0.516. The Balaban J connectivity index is 2.67. The van der Waals surface area contributed by atoms with E-state index in [2.05, 4.69) is 10.3 Å². The number of hydrogen-bond donors (Lipinski definition) is 0. The summed E-state index contributed by atoms with van der Waals surface area (Å²) in [6, 6.07) is 6.11. The van der Waals surface area contributed by atoms with Gasteiger partial charge in [-0.05, 0) is 12.5 Å². The van der Waals surface area contributed by atoms with Crippen LogP contribution in [0.1, 0.15) is 18.3 Å². The maximum atomic E-state index is 10.9. The number of aromatic nitrogens is 3. The number of methoxy groups -OCH3 is 1. The van der Waals surface area contributed by atoms with Gasteiger partial charge in [0.2, 0.25) is 0 Å². The van der Waals surface area contributed by atoms with E-state index in [-0.39, 0.29) is 11.4 Å². The molecule has 0 radical (unpaired) electrons. The van der Waals surface area contributed by atoms with E-state index < -0.39 is 4.92 Å². The average Bonchev–Trinajstić information content (AvgIpc) is 2.88. The van der Waals surface area contributed by atoms with E-state index in [9.17, 15) is 10.1 Å². The Hall–Kier alpha value is -2.95. The Morgan fingerprint density at radius 2 is 2.30 bits per heavy atom. The number of rotatable bonds is 4. The number of nitrogens with zero attached hydrogens (tertiary/aromatic N) is 5. The molecule has 0 N–H and O–H groups in total. The highest BCUT2D eigenvalue weighted by Gasteiger charge is 2.18. The van der Waals surface area contributed by atoms with Crippen LogP contribution in [0.3, 0.4) is 0 Å². The molecule has 0 atom stereocenters. The van der Waals surface area contributed by atoms with Crippen molar-refractivity contribution in [2.24, 2.45) is 0 Å². The summed E-state index contributed by atoms with van der Waals surface area (Å²) < 4.78 is 6.58. The molecule has 0 saturated carbocycles. The molecule has 0 aliphatic carbocycles. The van der Waals surface area contributed by atoms with E-state index in [1.807, 2.05) is 13.0 Å². The fraction of sp³-hybridized carbons (Fsp3) is 0.250. The van der Waals surface area contributed by atoms with Crippen molar-refractivity contribution in [2.45, 2.75) is 13.3 Å². The number of nitro benzene ring substituents is 1. The van der Waals surface area contributed by atoms with Crippen LogP contribution in [0.15, 0.2) is 18.2 Å². The third kappa shape index (κ3) is 2.16. The van der Waals surface area contributed by atoms with Crippen LogP contribution in [0.4, 0.5) is 5.69 Å². The molecule has 1 aromatic heterocycles. The van der Waals surface area contributed by atoms with Gasteiger partial charge in [-0.1, -0.05) is 12.1 Å². The van der Waals surface area contributed by atoms with Gasteiger partial charge in [0.15, 0.2) is 5.69 Å². The molecule has 0 saturated heterocycles. The molecule has 1 aromatic carbocycles. The molecule has 0 aliphatic heterocycles. The molecule has 8 heteroatoms. The van der Waals surface area contributed by atoms with Crippen molar-refractivity contribution in [1.29, 1.82) is 5.26 Å². The molecule has 102 valence electrons. The normalized spacial score (nSPS) is 10.1. The Labute approximate surface area is 114 Å². The second-order valence-electron chi connectivity index (χ2n) is 3.88. The Morgan fingerprint density at radius 3 is 2.85 bits per heavy atom. The maximum absolute atomic E-state index is 10.9. The predicted molar refractivity (Wildman–Crippen MR) is 68.7 cm³/mol. The highest BCUT2D eigenvalue weighted by Crippen LogP contribution is 2.28. The number of hydrogen-bond acceptors (Lipinski definition) is 6. The molecule has 0 amide bonds. The zero-order chi connectivity index (χ0) is 14.7. The van der Waals surface area contributed by atoms with Crippen LogP contribution in [0, 0.1) is 21.4 Å². The monoisotopic (exact) mass is 273 g/mol. The minimum Gasteiger partial charge on any atom is -0.494 e. The Morgan fingerprint density at radius 1 is 1.55 bits per heavy atom. The van der Waals surface area contributed by atoms with E-state index in [1.165, 1.54) is 30.0 Å². The van der Waals surface area contributed by atoms with E-state index in [1.54, 1.807) is 0 Å². The fourth-order valence-electron chi connectivity index (χ4n) is 1.86. The molecule has 0 aliphatic rings. The first-order chi connectivity index (χ1) is 9.62. The van der Waals surface area contributed by atoms with Crippen LogP contribution in [-0.4, -0.2) is 27.0 Å². The lowest BCUT2D eigenvalue weighted by Crippen LogP contribution is -2.05. The number of nitro groups is 1. The van der Waals surface area contributed by atoms with Crippen LogP contribution < -0.4 is 4.74 Å². The first-order valence-corrected chi connectivity index (χ1v) is 5.79. The van der Waals surface area contributed by atoms with Crippen molar-refractivity contribution in [2.75, 3.05) is 7.11 Å². The van der Waals surface area contributed by atoms with Crippen molar-refractivity contribution >= 4 is 5.69 Å². The van der Waals surface area contributed by atoms with E-state index in [4.69, 9.17) is 10.00 Å². The summed E-state index contributed by atoms with van der Waals surface area (Å²) in [5.74, 6) is 0.416. The van der Waals surface area contributed by atoms with Crippen molar-refractivity contribution in [3.8, 4) is 17.5 Å². The van der Waals surface area contributed by atoms with Gasteiger partial charge in [-0.25, -0.2) is 4.68 Å². The summed E-state index contributed by atoms with van der Waals surface area (Å²) in [5, 5.41) is 27.5. The number of non-ortho nitro benzene ring substituents is 1. The third-order valence-electron chi connectivity index (χ3n) is 2.81. The first kappa shape index (κ1) is 13.5. The molecule has 0 unspecified atom stereocenters. The molecule has 8 nitrogen and oxygen atoms in total. The molecule has 2 aromatic rings. The quantitative estimate of drug-likeness (QED) is 0.618. The molecule has 0 spiro atoms. The average molecular weight is 273 g/mol. The highest BCUT2D eigenvalue weighted by molar-refractivity contribution is 5.54. The van der Waals surface area contributed by atoms with E-state index in [0.717, 1.165) is 0 Å². The minimum atomic E-state index is -0.503. The maximum Gasteiger partial charge on any atom is 0.271 e. The van der Waals surface area contributed by atoms with Crippen molar-refractivity contribution in [3.05, 3.63) is 39.7 Å². The third-order valence-corrected chi connectivity index (χ3v) is 2.81. The fourth-order valence-corrected chi connectivity index (χ4v) is 1.86. The zero-order valence-corrected chi connectivity index (χ0v) is 10.9. The van der Waals surface area contributed by atoms with Crippen molar-refractivity contribution in [3.63, 3.8) is 0 Å². The molecule has 0 bridgehead atoms. The summed E-state index contributed by atoms with van der Waals surface area (Å²) in [5.41, 5.74) is 1.07. The molecule has 0 fully saturated rings. The second-order valence-corrected chi connectivity index (χ2v) is 3.88. The van der Waals surface area contributed by atoms with Gasteiger partial charge in [0.25, 0.3) is 5.69 Å². The van der Waals surface area contributed by atoms with Gasteiger partial charge in [-0.15, -0.1) is 5.10 Å². The highest BCUT2D eigenvalue weighted by atomic mass is 16.6. The molecule has 20 heavy (non-hydrogen) atoms. The van der Waals surface area contributed by atoms with Gasteiger partial charge < -0.3 is 4.74 Å². The summed E-state index contributed by atoms with van der Waals surface area (Å²) in [4.78, 5) is 10.4. The van der Waals surface area contributed by atoms with Crippen LogP contribution in [-0.2, 0) is 6.42 Å². The zero-order valence-electron chi connectivity index (χ0n) is 10.9. The van der Waals surface area contributed by atoms with Crippen molar-refractivity contribution < 1.29 is 9.66 Å². The van der Waals surface area contributed by atoms with Gasteiger partial charge in [-0.2, -0.15) is 5.26 Å². The van der Waals surface area contributed by atoms with E-state index >= 15 is 0 Å². The van der Waals surface area contributed by atoms with Crippen LogP contribution in [0.25, 0.3) is 5.69 Å². The second kappa shape index (κ2) is 5.36. The van der Waals surface area contributed by atoms with Crippen LogP contribution in [0.2, 0.25) is 0 Å². The predicted octanol–water partition coefficient (Wildman–Crippen LogP) is 1.62. The lowest BCUT2D eigenvalue weighted by molar-refractivity contribution is -0.384.